The van der Waals surface area contributed by atoms with Crippen LogP contribution in [0.25, 0.3) is 0 Å². The summed E-state index contributed by atoms with van der Waals surface area (Å²) in [5.41, 5.74) is 0. The summed E-state index contributed by atoms with van der Waals surface area (Å²) in [4.78, 5) is 0. The molecule has 0 N–H and O–H groups in total. The molecule has 0 unspecified atom stereocenters. The van der Waals surface area contributed by atoms with Crippen LogP contribution < -0.4 is 0 Å². The van der Waals surface area contributed by atoms with Crippen molar-refractivity contribution in [3.05, 3.63) is 0 Å². The van der Waals surface area contributed by atoms with E-state index in [1.807, 2.05) is 0 Å². The van der Waals surface area contributed by atoms with Gasteiger partial charge in [0.15, 0.2) is 0 Å². The standard InChI is InChI=1S/B2N4/c1-3-5-2-6-4-1. The Morgan fingerprint density at radius 3 is 1.17 bits per heavy atom. The van der Waals surface area contributed by atoms with Gasteiger partial charge in [-0.05, 0) is 0 Å². The molecule has 1 aromatic heterocycles. The van der Waals surface area contributed by atoms with Gasteiger partial charge in [0.2, 0.25) is 0 Å². The molecule has 0 saturated heterocycles. The maximum absolute atomic E-state index is 3.36. The summed E-state index contributed by atoms with van der Waals surface area (Å²) < 4.78 is 0. The van der Waals surface area contributed by atoms with E-state index in [1.54, 1.807) is 0 Å². The van der Waals surface area contributed by atoms with Gasteiger partial charge < -0.3 is 0 Å². The molecule has 0 aromatic carbocycles. The van der Waals surface area contributed by atoms with Crippen molar-refractivity contribution in [3.63, 3.8) is 0 Å². The van der Waals surface area contributed by atoms with Crippen LogP contribution in [0.4, 0.5) is 0 Å². The van der Waals surface area contributed by atoms with Crippen molar-refractivity contribution in [2.75, 3.05) is 0 Å². The van der Waals surface area contributed by atoms with Crippen LogP contribution in [0.1, 0.15) is 0 Å². The van der Waals surface area contributed by atoms with Crippen LogP contribution in [0.15, 0.2) is 0 Å². The second-order valence-electron chi connectivity index (χ2n) is 0.693. The third-order valence-corrected chi connectivity index (χ3v) is 0.340. The number of nitrogens with zero attached hydrogens (tertiary/aromatic N) is 4. The second kappa shape index (κ2) is 1.69. The number of hydrogen-bond donors (Lipinski definition) is 0. The molecule has 4 nitrogen and oxygen atoms in total. The zero-order chi connectivity index (χ0) is 4.24. The Hall–Kier alpha value is -0.670. The number of hydrogen-bond acceptors (Lipinski definition) is 4. The number of rotatable bonds is 0. The van der Waals surface area contributed by atoms with Crippen molar-refractivity contribution in [3.8, 4) is 0 Å². The van der Waals surface area contributed by atoms with E-state index in [9.17, 15) is 0 Å². The van der Waals surface area contributed by atoms with Gasteiger partial charge in [-0.2, -0.15) is 0 Å². The minimum absolute atomic E-state index is 1.28. The molecule has 6 heteroatoms. The van der Waals surface area contributed by atoms with Crippen LogP contribution in [-0.4, -0.2) is 34.4 Å². The average Bonchev–Trinajstić information content (AvgIpc) is 1.72. The Balaban J connectivity index is 3.00. The molecule has 1 aromatic rings. The van der Waals surface area contributed by atoms with E-state index in [0.717, 1.165) is 0 Å². The predicted octanol–water partition coefficient (Wildman–Crippen LogP) is -2.06. The molecule has 0 bridgehead atoms. The first-order valence-electron chi connectivity index (χ1n) is 1.43. The molecular formula is B2N4. The quantitative estimate of drug-likeness (QED) is 0.358. The fraction of sp³-hybridized carbons (Fsp3) is 0. The van der Waals surface area contributed by atoms with Gasteiger partial charge in [-0.15, -0.1) is 0 Å². The molecule has 0 amide bonds. The summed E-state index contributed by atoms with van der Waals surface area (Å²) in [6.07, 6.45) is 0. The van der Waals surface area contributed by atoms with Gasteiger partial charge in [0.1, 0.15) is 0 Å². The molecule has 1 rings (SSSR count). The predicted molar refractivity (Wildman–Crippen MR) is 20.3 cm³/mol. The summed E-state index contributed by atoms with van der Waals surface area (Å²) in [5.74, 6) is 0. The summed E-state index contributed by atoms with van der Waals surface area (Å²) in [5, 5.41) is 13.4. The van der Waals surface area contributed by atoms with Gasteiger partial charge in [0.05, 0.1) is 0 Å². The van der Waals surface area contributed by atoms with E-state index in [-0.39, 0.29) is 0 Å². The van der Waals surface area contributed by atoms with E-state index in [4.69, 9.17) is 0 Å². The molecule has 1 heterocycles. The molecule has 0 atom stereocenters. The third kappa shape index (κ3) is 0.636. The SMILES string of the molecule is b1nnbnn1. The Kier molecular flexibility index (Phi) is 0.991. The normalized spacial score (nSPS) is 6.67. The molecular weight excluding hydrogens is 77.7 g/mol. The maximum atomic E-state index is 3.36. The topological polar surface area (TPSA) is 51.6 Å². The Morgan fingerprint density at radius 2 is 1.00 bits per heavy atom. The van der Waals surface area contributed by atoms with E-state index in [0.29, 0.717) is 0 Å². The summed E-state index contributed by atoms with van der Waals surface area (Å²) in [6.45, 7) is 0. The fourth-order valence-electron chi connectivity index (χ4n) is 0.165. The van der Waals surface area contributed by atoms with Crippen molar-refractivity contribution in [1.29, 1.82) is 0 Å². The van der Waals surface area contributed by atoms with Crippen LogP contribution in [0.2, 0.25) is 0 Å². The van der Waals surface area contributed by atoms with Crippen LogP contribution in [0, 0.1) is 0 Å². The first-order chi connectivity index (χ1) is 3.00. The van der Waals surface area contributed by atoms with Crippen LogP contribution in [0.5, 0.6) is 0 Å². The fourth-order valence-corrected chi connectivity index (χ4v) is 0.165. The van der Waals surface area contributed by atoms with E-state index in [1.165, 1.54) is 14.4 Å². The second-order valence-corrected chi connectivity index (χ2v) is 0.693. The monoisotopic (exact) mass is 78.0 g/mol. The van der Waals surface area contributed by atoms with Gasteiger partial charge >= 0.3 is 34.4 Å². The van der Waals surface area contributed by atoms with Crippen LogP contribution in [0.3, 0.4) is 0 Å². The molecule has 0 aliphatic carbocycles. The molecule has 0 saturated carbocycles. The Morgan fingerprint density at radius 1 is 0.667 bits per heavy atom. The van der Waals surface area contributed by atoms with Crippen molar-refractivity contribution in [2.24, 2.45) is 0 Å². The molecule has 6 heavy (non-hydrogen) atoms. The third-order valence-electron chi connectivity index (χ3n) is 0.340. The van der Waals surface area contributed by atoms with Gasteiger partial charge in [0.25, 0.3) is 0 Å². The Labute approximate surface area is 35.5 Å². The average molecular weight is 77.7 g/mol. The van der Waals surface area contributed by atoms with E-state index < -0.39 is 0 Å². The van der Waals surface area contributed by atoms with Crippen LogP contribution >= 0.6 is 0 Å². The molecule has 0 radical (unpaired) electrons. The minimum atomic E-state index is 1.28. The molecule has 26 valence electrons. The summed E-state index contributed by atoms with van der Waals surface area (Å²) in [6, 6.07) is 0. The zero-order valence-electron chi connectivity index (χ0n) is 2.94. The molecule has 0 aliphatic rings. The molecule has 0 spiro atoms. The first kappa shape index (κ1) is 3.52. The van der Waals surface area contributed by atoms with Crippen molar-refractivity contribution >= 4 is 14.4 Å². The van der Waals surface area contributed by atoms with Crippen molar-refractivity contribution in [2.45, 2.75) is 0 Å². The first-order valence-corrected chi connectivity index (χ1v) is 1.43. The summed E-state index contributed by atoms with van der Waals surface area (Å²) in [7, 11) is 2.56. The Bertz CT molecular complexity index is 77.5. The van der Waals surface area contributed by atoms with Crippen LogP contribution in [-0.2, 0) is 0 Å². The number of aromatic nitrogens is 4. The van der Waals surface area contributed by atoms with Gasteiger partial charge in [-0.1, -0.05) is 0 Å². The zero-order valence-corrected chi connectivity index (χ0v) is 2.94. The van der Waals surface area contributed by atoms with Gasteiger partial charge in [0, 0.05) is 0 Å². The summed E-state index contributed by atoms with van der Waals surface area (Å²) >= 11 is 0. The van der Waals surface area contributed by atoms with Crippen molar-refractivity contribution < 1.29 is 0 Å². The van der Waals surface area contributed by atoms with Gasteiger partial charge in [-0.3, -0.25) is 0 Å². The van der Waals surface area contributed by atoms with Gasteiger partial charge in [-0.25, -0.2) is 0 Å². The van der Waals surface area contributed by atoms with E-state index in [2.05, 4.69) is 20.0 Å². The molecule has 0 fully saturated rings. The van der Waals surface area contributed by atoms with E-state index >= 15 is 0 Å². The molecule has 0 aliphatic heterocycles. The van der Waals surface area contributed by atoms with Crippen molar-refractivity contribution in [1.82, 2.24) is 20.0 Å².